The minimum absolute atomic E-state index is 0.353. The van der Waals surface area contributed by atoms with Crippen LogP contribution in [-0.4, -0.2) is 36.7 Å². The van der Waals surface area contributed by atoms with Gasteiger partial charge in [0.2, 0.25) is 0 Å². The number of benzene rings is 3. The summed E-state index contributed by atoms with van der Waals surface area (Å²) in [5, 5.41) is 1.71. The van der Waals surface area contributed by atoms with E-state index in [4.69, 9.17) is 25.8 Å². The lowest BCUT2D eigenvalue weighted by Gasteiger charge is -2.35. The van der Waals surface area contributed by atoms with Gasteiger partial charge in [0.05, 0.1) is 19.2 Å². The summed E-state index contributed by atoms with van der Waals surface area (Å²) in [6, 6.07) is 20.2. The molecule has 0 radical (unpaired) electrons. The van der Waals surface area contributed by atoms with E-state index in [-0.39, 0.29) is 6.04 Å². The molecule has 168 valence electrons. The molecular formula is C26H23ClN2O4. The lowest BCUT2D eigenvalue weighted by Crippen LogP contribution is -2.42. The van der Waals surface area contributed by atoms with Gasteiger partial charge in [-0.15, -0.1) is 0 Å². The maximum atomic E-state index is 13.3. The molecule has 33 heavy (non-hydrogen) atoms. The Kier molecular flexibility index (Phi) is 5.60. The number of rotatable bonds is 4. The second-order valence-corrected chi connectivity index (χ2v) is 8.25. The number of carbonyl (C=O) groups excluding carboxylic acids is 1. The fourth-order valence-corrected chi connectivity index (χ4v) is 4.72. The summed E-state index contributed by atoms with van der Waals surface area (Å²) >= 11 is 6.55. The van der Waals surface area contributed by atoms with Crippen LogP contribution in [0.1, 0.15) is 22.9 Å². The number of aromatic nitrogens is 1. The van der Waals surface area contributed by atoms with Crippen molar-refractivity contribution in [3.05, 3.63) is 88.6 Å². The van der Waals surface area contributed by atoms with Gasteiger partial charge in [-0.05, 0) is 66.1 Å². The van der Waals surface area contributed by atoms with E-state index in [1.165, 1.54) is 0 Å². The lowest BCUT2D eigenvalue weighted by molar-refractivity contribution is 0.135. The summed E-state index contributed by atoms with van der Waals surface area (Å²) in [6.45, 7) is 0.497. The SMILES string of the molecule is COc1ccc(OC(=O)N2CCc3c([nH]c4cccc(Cl)c34)C2c2ccc(OC)cc2)cc1. The lowest BCUT2D eigenvalue weighted by atomic mass is 9.92. The molecule has 0 spiro atoms. The van der Waals surface area contributed by atoms with Gasteiger partial charge in [0, 0.05) is 23.1 Å². The van der Waals surface area contributed by atoms with Crippen LogP contribution in [0.3, 0.4) is 0 Å². The maximum Gasteiger partial charge on any atom is 0.416 e. The van der Waals surface area contributed by atoms with E-state index < -0.39 is 6.09 Å². The first-order valence-corrected chi connectivity index (χ1v) is 11.0. The van der Waals surface area contributed by atoms with Crippen molar-refractivity contribution in [1.82, 2.24) is 9.88 Å². The topological polar surface area (TPSA) is 63.8 Å². The third-order valence-electron chi connectivity index (χ3n) is 6.03. The highest BCUT2D eigenvalue weighted by molar-refractivity contribution is 6.35. The molecule has 5 rings (SSSR count). The Hall–Kier alpha value is -3.64. The largest absolute Gasteiger partial charge is 0.497 e. The average Bonchev–Trinajstić information content (AvgIpc) is 3.24. The zero-order valence-electron chi connectivity index (χ0n) is 18.3. The maximum absolute atomic E-state index is 13.3. The van der Waals surface area contributed by atoms with Crippen LogP contribution in [-0.2, 0) is 6.42 Å². The highest BCUT2D eigenvalue weighted by Gasteiger charge is 2.36. The summed E-state index contributed by atoms with van der Waals surface area (Å²) in [5.74, 6) is 1.91. The molecule has 6 nitrogen and oxygen atoms in total. The molecule has 1 atom stereocenters. The zero-order chi connectivity index (χ0) is 22.9. The van der Waals surface area contributed by atoms with Crippen molar-refractivity contribution in [2.75, 3.05) is 20.8 Å². The first-order valence-electron chi connectivity index (χ1n) is 10.6. The van der Waals surface area contributed by atoms with Crippen molar-refractivity contribution in [1.29, 1.82) is 0 Å². The van der Waals surface area contributed by atoms with Gasteiger partial charge >= 0.3 is 6.09 Å². The van der Waals surface area contributed by atoms with Crippen LogP contribution in [0.15, 0.2) is 66.7 Å². The number of H-pyrrole nitrogens is 1. The molecule has 1 aliphatic heterocycles. The summed E-state index contributed by atoms with van der Waals surface area (Å²) in [4.78, 5) is 18.6. The minimum Gasteiger partial charge on any atom is -0.497 e. The van der Waals surface area contributed by atoms with Gasteiger partial charge in [0.25, 0.3) is 0 Å². The quantitative estimate of drug-likeness (QED) is 0.405. The second-order valence-electron chi connectivity index (χ2n) is 7.84. The van der Waals surface area contributed by atoms with Crippen molar-refractivity contribution in [2.45, 2.75) is 12.5 Å². The number of halogens is 1. The highest BCUT2D eigenvalue weighted by Crippen LogP contribution is 2.41. The summed E-state index contributed by atoms with van der Waals surface area (Å²) in [6.07, 6.45) is 0.250. The second kappa shape index (κ2) is 8.71. The van der Waals surface area contributed by atoms with Gasteiger partial charge in [-0.25, -0.2) is 4.79 Å². The molecule has 1 N–H and O–H groups in total. The Morgan fingerprint density at radius 1 is 0.939 bits per heavy atom. The standard InChI is InChI=1S/C26H23ClN2O4/c1-31-17-8-6-16(7-9-17)25-24-20(23-21(27)4-3-5-22(23)28-24)14-15-29(25)26(30)33-19-12-10-18(32-2)11-13-19/h3-13,25,28H,14-15H2,1-2H3. The van der Waals surface area contributed by atoms with E-state index in [1.54, 1.807) is 43.4 Å². The number of fused-ring (bicyclic) bond motifs is 3. The molecule has 2 heterocycles. The fraction of sp³-hybridized carbons (Fsp3) is 0.192. The molecule has 4 aromatic rings. The summed E-state index contributed by atoms with van der Waals surface area (Å²) in [5.41, 5.74) is 3.98. The van der Waals surface area contributed by atoms with Crippen LogP contribution >= 0.6 is 11.6 Å². The Bertz CT molecular complexity index is 1300. The molecule has 0 saturated carbocycles. The van der Waals surface area contributed by atoms with Gasteiger partial charge in [-0.1, -0.05) is 29.8 Å². The van der Waals surface area contributed by atoms with Crippen LogP contribution in [0.4, 0.5) is 4.79 Å². The molecule has 0 fully saturated rings. The van der Waals surface area contributed by atoms with Crippen LogP contribution in [0.5, 0.6) is 17.2 Å². The van der Waals surface area contributed by atoms with E-state index in [0.717, 1.165) is 33.5 Å². The van der Waals surface area contributed by atoms with Crippen molar-refractivity contribution < 1.29 is 19.0 Å². The Labute approximate surface area is 196 Å². The predicted molar refractivity (Wildman–Crippen MR) is 128 cm³/mol. The zero-order valence-corrected chi connectivity index (χ0v) is 19.1. The smallest absolute Gasteiger partial charge is 0.416 e. The third-order valence-corrected chi connectivity index (χ3v) is 6.34. The number of nitrogens with one attached hydrogen (secondary N) is 1. The van der Waals surface area contributed by atoms with Crippen molar-refractivity contribution >= 4 is 28.6 Å². The van der Waals surface area contributed by atoms with E-state index >= 15 is 0 Å². The first-order chi connectivity index (χ1) is 16.1. The van der Waals surface area contributed by atoms with Gasteiger partial charge < -0.3 is 19.2 Å². The number of amides is 1. The summed E-state index contributed by atoms with van der Waals surface area (Å²) < 4.78 is 16.2. The number of hydrogen-bond donors (Lipinski definition) is 1. The van der Waals surface area contributed by atoms with Crippen LogP contribution < -0.4 is 14.2 Å². The molecule has 1 unspecified atom stereocenters. The number of ether oxygens (including phenoxy) is 3. The Morgan fingerprint density at radius 3 is 2.24 bits per heavy atom. The van der Waals surface area contributed by atoms with Crippen LogP contribution in [0.25, 0.3) is 10.9 Å². The fourth-order valence-electron chi connectivity index (χ4n) is 4.43. The molecule has 0 saturated heterocycles. The number of aromatic amines is 1. The molecule has 0 bridgehead atoms. The molecule has 7 heteroatoms. The summed E-state index contributed by atoms with van der Waals surface area (Å²) in [7, 11) is 3.23. The molecule has 1 amide bonds. The van der Waals surface area contributed by atoms with E-state index in [0.29, 0.717) is 29.5 Å². The van der Waals surface area contributed by atoms with Gasteiger partial charge in [-0.2, -0.15) is 0 Å². The van der Waals surface area contributed by atoms with Gasteiger partial charge in [-0.3, -0.25) is 4.90 Å². The predicted octanol–water partition coefficient (Wildman–Crippen LogP) is 5.99. The molecular weight excluding hydrogens is 440 g/mol. The minimum atomic E-state index is -0.420. The van der Waals surface area contributed by atoms with Crippen molar-refractivity contribution in [2.24, 2.45) is 0 Å². The van der Waals surface area contributed by atoms with E-state index in [9.17, 15) is 4.79 Å². The normalized spacial score (nSPS) is 15.2. The van der Waals surface area contributed by atoms with Crippen molar-refractivity contribution in [3.8, 4) is 17.2 Å². The monoisotopic (exact) mass is 462 g/mol. The molecule has 1 aromatic heterocycles. The van der Waals surface area contributed by atoms with Gasteiger partial charge in [0.1, 0.15) is 23.3 Å². The molecule has 1 aliphatic rings. The first kappa shape index (κ1) is 21.2. The van der Waals surface area contributed by atoms with Crippen molar-refractivity contribution in [3.63, 3.8) is 0 Å². The van der Waals surface area contributed by atoms with Crippen LogP contribution in [0.2, 0.25) is 5.02 Å². The number of hydrogen-bond acceptors (Lipinski definition) is 4. The Morgan fingerprint density at radius 2 is 1.58 bits per heavy atom. The number of nitrogens with zero attached hydrogens (tertiary/aromatic N) is 1. The average molecular weight is 463 g/mol. The van der Waals surface area contributed by atoms with Crippen LogP contribution in [0, 0.1) is 0 Å². The number of carbonyl (C=O) groups is 1. The Balaban J connectivity index is 1.55. The van der Waals surface area contributed by atoms with E-state index in [1.807, 2.05) is 42.5 Å². The van der Waals surface area contributed by atoms with Gasteiger partial charge in [0.15, 0.2) is 0 Å². The van der Waals surface area contributed by atoms with E-state index in [2.05, 4.69) is 4.98 Å². The molecule has 3 aromatic carbocycles. The highest BCUT2D eigenvalue weighted by atomic mass is 35.5. The third kappa shape index (κ3) is 3.87. The number of methoxy groups -OCH3 is 2. The molecule has 0 aliphatic carbocycles.